The Bertz CT molecular complexity index is 3310. The quantitative estimate of drug-likeness (QED) is 0.131. The highest BCUT2D eigenvalue weighted by Crippen LogP contribution is 2.44. The predicted molar refractivity (Wildman–Crippen MR) is 253 cm³/mol. The highest BCUT2D eigenvalue weighted by atomic mass is 15.3. The Hall–Kier alpha value is -8.16. The van der Waals surface area contributed by atoms with Gasteiger partial charge in [-0.1, -0.05) is 140 Å². The average molecular weight is 777 g/mol. The maximum Gasteiger partial charge on any atom is 0.302 e. The molecule has 0 bridgehead atoms. The molecule has 0 unspecified atom stereocenters. The second-order valence-corrected chi connectivity index (χ2v) is 15.9. The number of benzene rings is 9. The first-order chi connectivity index (χ1) is 30.2. The highest BCUT2D eigenvalue weighted by molar-refractivity contribution is 6.99. The Morgan fingerprint density at radius 3 is 1.05 bits per heavy atom. The molecule has 6 nitrogen and oxygen atoms in total. The first-order valence-corrected chi connectivity index (χ1v) is 20.7. The summed E-state index contributed by atoms with van der Waals surface area (Å²) in [6.45, 7) is -0.345. The molecule has 0 N–H and O–H groups in total. The van der Waals surface area contributed by atoms with Crippen molar-refractivity contribution >= 4 is 101 Å². The molecule has 0 radical (unpaired) electrons. The van der Waals surface area contributed by atoms with Crippen LogP contribution in [-0.4, -0.2) is 26.6 Å². The van der Waals surface area contributed by atoms with Crippen LogP contribution in [0.25, 0.3) is 65.9 Å². The highest BCUT2D eigenvalue weighted by Gasteiger charge is 2.47. The number of rotatable bonds is 4. The van der Waals surface area contributed by atoms with E-state index in [2.05, 4.69) is 210 Å². The van der Waals surface area contributed by atoms with E-state index in [1.165, 1.54) is 11.1 Å². The molecule has 0 spiro atoms. The van der Waals surface area contributed by atoms with Crippen LogP contribution in [0.2, 0.25) is 0 Å². The summed E-state index contributed by atoms with van der Waals surface area (Å²) >= 11 is 0. The van der Waals surface area contributed by atoms with Gasteiger partial charge in [0.2, 0.25) is 0 Å². The second kappa shape index (κ2) is 13.2. The van der Waals surface area contributed by atoms with Crippen molar-refractivity contribution in [2.24, 2.45) is 0 Å². The fourth-order valence-corrected chi connectivity index (χ4v) is 9.46. The number of hydrogen-bond donors (Lipinski definition) is 0. The van der Waals surface area contributed by atoms with Crippen LogP contribution in [-0.2, 0) is 0 Å². The summed E-state index contributed by atoms with van der Waals surface area (Å²) < 4.78 is 0. The van der Waals surface area contributed by atoms with E-state index in [9.17, 15) is 0 Å². The van der Waals surface area contributed by atoms with E-state index in [1.54, 1.807) is 0 Å². The lowest BCUT2D eigenvalue weighted by Crippen LogP contribution is -2.63. The van der Waals surface area contributed by atoms with Gasteiger partial charge in [0.15, 0.2) is 11.6 Å². The van der Waals surface area contributed by atoms with Gasteiger partial charge in [0.1, 0.15) is 0 Å². The van der Waals surface area contributed by atoms with Crippen molar-refractivity contribution in [1.82, 2.24) is 19.9 Å². The summed E-state index contributed by atoms with van der Waals surface area (Å²) in [6.07, 6.45) is 0. The molecule has 9 aromatic carbocycles. The average Bonchev–Trinajstić information content (AvgIpc) is 3.32. The van der Waals surface area contributed by atoms with Gasteiger partial charge in [-0.25, -0.2) is 9.97 Å². The fraction of sp³-hybridized carbons (Fsp3) is 0. The third-order valence-corrected chi connectivity index (χ3v) is 12.3. The molecular formula is C54H33BN6. The lowest BCUT2D eigenvalue weighted by molar-refractivity contribution is 1.16. The van der Waals surface area contributed by atoms with Gasteiger partial charge in [0.05, 0.1) is 33.3 Å². The summed E-state index contributed by atoms with van der Waals surface area (Å²) in [5.74, 6) is 1.58. The Labute approximate surface area is 352 Å². The predicted octanol–water partition coefficient (Wildman–Crippen LogP) is 11.3. The van der Waals surface area contributed by atoms with Crippen LogP contribution in [0.5, 0.6) is 0 Å². The van der Waals surface area contributed by atoms with Gasteiger partial charge in [0.25, 0.3) is 0 Å². The molecule has 0 amide bonds. The molecular weight excluding hydrogens is 743 g/mol. The van der Waals surface area contributed by atoms with Gasteiger partial charge in [-0.05, 0) is 110 Å². The van der Waals surface area contributed by atoms with Gasteiger partial charge < -0.3 is 0 Å². The Balaban J connectivity index is 1.09. The molecule has 11 aromatic rings. The van der Waals surface area contributed by atoms with E-state index in [-0.39, 0.29) is 6.71 Å². The van der Waals surface area contributed by atoms with Gasteiger partial charge in [-0.2, -0.15) is 0 Å². The summed E-state index contributed by atoms with van der Waals surface area (Å²) in [6, 6.07) is 70.8. The van der Waals surface area contributed by atoms with Crippen LogP contribution in [0, 0.1) is 0 Å². The van der Waals surface area contributed by atoms with E-state index in [0.717, 1.165) is 106 Å². The minimum absolute atomic E-state index is 0.345. The molecule has 61 heavy (non-hydrogen) atoms. The monoisotopic (exact) mass is 776 g/mol. The van der Waals surface area contributed by atoms with Crippen molar-refractivity contribution in [1.29, 1.82) is 0 Å². The smallest absolute Gasteiger partial charge is 0.295 e. The molecule has 0 fully saturated rings. The van der Waals surface area contributed by atoms with Gasteiger partial charge in [0, 0.05) is 22.7 Å². The molecule has 0 saturated carbocycles. The topological polar surface area (TPSA) is 58.0 Å². The summed E-state index contributed by atoms with van der Waals surface area (Å²) in [5.41, 5.74) is 14.9. The molecule has 282 valence electrons. The Morgan fingerprint density at radius 2 is 0.656 bits per heavy atom. The zero-order valence-electron chi connectivity index (χ0n) is 32.8. The van der Waals surface area contributed by atoms with Gasteiger partial charge >= 0.3 is 6.71 Å². The zero-order chi connectivity index (χ0) is 40.0. The Morgan fingerprint density at radius 1 is 0.311 bits per heavy atom. The van der Waals surface area contributed by atoms with Crippen LogP contribution in [0.1, 0.15) is 0 Å². The van der Waals surface area contributed by atoms with E-state index in [0.29, 0.717) is 0 Å². The molecule has 13 rings (SSSR count). The lowest BCUT2D eigenvalue weighted by atomic mass is 9.37. The molecule has 0 saturated heterocycles. The van der Waals surface area contributed by atoms with Crippen LogP contribution in [0.3, 0.4) is 0 Å². The van der Waals surface area contributed by atoms with Crippen molar-refractivity contribution in [3.8, 4) is 22.3 Å². The van der Waals surface area contributed by atoms with Crippen LogP contribution < -0.4 is 26.4 Å². The molecule has 2 aliphatic rings. The van der Waals surface area contributed by atoms with Gasteiger partial charge in [-0.3, -0.25) is 19.8 Å². The van der Waals surface area contributed by atoms with Crippen LogP contribution >= 0.6 is 0 Å². The third-order valence-electron chi connectivity index (χ3n) is 12.3. The largest absolute Gasteiger partial charge is 0.302 e. The summed E-state index contributed by atoms with van der Waals surface area (Å²) in [4.78, 5) is 26.9. The first kappa shape index (κ1) is 33.8. The lowest BCUT2D eigenvalue weighted by Gasteiger charge is -2.41. The number of nitrogens with zero attached hydrogens (tertiary/aromatic N) is 6. The molecule has 2 aliphatic heterocycles. The fourth-order valence-electron chi connectivity index (χ4n) is 9.46. The number of fused-ring (bicyclic) bond motifs is 8. The standard InChI is InChI=1S/C54H33BN6/c1-3-12-34(13-4-1)36-22-26-42(27-23-36)60-48-20-11-21-49-50(48)55(51-53(60)58-46-32-40-18-9-7-16-38(40)30-44(46)56-51)52-54(59-47-33-41-19-10-8-17-39(41)31-45(47)57-52)61(49)43-28-24-37(25-29-43)35-14-5-2-6-15-35/h1-33H. The van der Waals surface area contributed by atoms with E-state index < -0.39 is 0 Å². The van der Waals surface area contributed by atoms with Crippen molar-refractivity contribution in [3.63, 3.8) is 0 Å². The van der Waals surface area contributed by atoms with Crippen molar-refractivity contribution in [2.75, 3.05) is 9.80 Å². The van der Waals surface area contributed by atoms with E-state index in [4.69, 9.17) is 19.9 Å². The van der Waals surface area contributed by atoms with E-state index in [1.807, 2.05) is 0 Å². The van der Waals surface area contributed by atoms with Crippen molar-refractivity contribution in [2.45, 2.75) is 0 Å². The molecule has 7 heteroatoms. The minimum Gasteiger partial charge on any atom is -0.295 e. The molecule has 2 aromatic heterocycles. The second-order valence-electron chi connectivity index (χ2n) is 15.9. The van der Waals surface area contributed by atoms with Crippen molar-refractivity contribution in [3.05, 3.63) is 200 Å². The Kier molecular flexibility index (Phi) is 7.30. The molecule has 0 aliphatic carbocycles. The van der Waals surface area contributed by atoms with Crippen molar-refractivity contribution < 1.29 is 0 Å². The number of hydrogen-bond acceptors (Lipinski definition) is 6. The maximum absolute atomic E-state index is 5.61. The zero-order valence-corrected chi connectivity index (χ0v) is 32.8. The molecule has 4 heterocycles. The SMILES string of the molecule is c1ccc(-c2ccc(N3c4cccc5c4B(c4nc6cc7ccccc7cc6nc43)c3nc4cc6ccccc6cc4nc3N5c3ccc(-c4ccccc4)cc3)cc2)cc1. The molecule has 0 atom stereocenters. The first-order valence-electron chi connectivity index (χ1n) is 20.7. The van der Waals surface area contributed by atoms with E-state index >= 15 is 0 Å². The normalized spacial score (nSPS) is 12.8. The summed E-state index contributed by atoms with van der Waals surface area (Å²) in [5, 5.41) is 4.51. The van der Waals surface area contributed by atoms with Crippen LogP contribution in [0.15, 0.2) is 200 Å². The maximum atomic E-state index is 5.61. The van der Waals surface area contributed by atoms with Gasteiger partial charge in [-0.15, -0.1) is 0 Å². The third kappa shape index (κ3) is 5.30. The minimum atomic E-state index is -0.345. The number of aromatic nitrogens is 4. The van der Waals surface area contributed by atoms with Crippen LogP contribution in [0.4, 0.5) is 34.4 Å². The number of anilines is 6. The summed E-state index contributed by atoms with van der Waals surface area (Å²) in [7, 11) is 0.